The average molecular weight is 402 g/mol. The van der Waals surface area contributed by atoms with Crippen molar-refractivity contribution < 1.29 is 17.3 Å². The zero-order chi connectivity index (χ0) is 19.1. The van der Waals surface area contributed by atoms with Crippen LogP contribution in [0.2, 0.25) is 5.02 Å². The molecule has 2 aliphatic rings. The number of fused-ring (bicyclic) bond motifs is 1. The molecule has 4 nitrogen and oxygen atoms in total. The van der Waals surface area contributed by atoms with Crippen LogP contribution in [0, 0.1) is 5.82 Å². The van der Waals surface area contributed by atoms with Gasteiger partial charge in [0.25, 0.3) is 0 Å². The molecule has 1 atom stereocenters. The lowest BCUT2D eigenvalue weighted by Gasteiger charge is -2.28. The molecule has 7 heteroatoms. The Balaban J connectivity index is 1.63. The molecule has 0 radical (unpaired) electrons. The summed E-state index contributed by atoms with van der Waals surface area (Å²) >= 11 is 5.79. The first kappa shape index (κ1) is 17.9. The molecule has 2 aromatic carbocycles. The fourth-order valence-corrected chi connectivity index (χ4v) is 4.75. The second-order valence-electron chi connectivity index (χ2n) is 6.33. The average Bonchev–Trinajstić information content (AvgIpc) is 3.05. The van der Waals surface area contributed by atoms with E-state index in [0.717, 1.165) is 23.5 Å². The first-order chi connectivity index (χ1) is 12.9. The van der Waals surface area contributed by atoms with E-state index >= 15 is 0 Å². The first-order valence-electron chi connectivity index (χ1n) is 8.19. The molecule has 0 aromatic heterocycles. The van der Waals surface area contributed by atoms with Crippen molar-refractivity contribution in [3.63, 3.8) is 0 Å². The molecule has 2 heterocycles. The predicted molar refractivity (Wildman–Crippen MR) is 102 cm³/mol. The van der Waals surface area contributed by atoms with Crippen LogP contribution in [-0.4, -0.2) is 18.7 Å². The largest absolute Gasteiger partial charge is 0.237 e. The SMILES string of the molecule is O=S(=O)(c1ccc(C[N+]23C=CC=CC2=NC=C3)cc1)c1cc(F)cc(Cl)c1. The smallest absolute Gasteiger partial charge is 0.219 e. The fraction of sp³-hybridized carbons (Fsp3) is 0.0500. The molecular formula is C20H15ClFN2O2S+. The van der Waals surface area contributed by atoms with Gasteiger partial charge in [0, 0.05) is 16.7 Å². The van der Waals surface area contributed by atoms with E-state index in [0.29, 0.717) is 11.0 Å². The summed E-state index contributed by atoms with van der Waals surface area (Å²) in [5.74, 6) is 0.217. The molecule has 27 heavy (non-hydrogen) atoms. The van der Waals surface area contributed by atoms with Gasteiger partial charge in [0.1, 0.15) is 24.8 Å². The summed E-state index contributed by atoms with van der Waals surface area (Å²) in [6, 6.07) is 9.86. The lowest BCUT2D eigenvalue weighted by molar-refractivity contribution is -0.743. The van der Waals surface area contributed by atoms with E-state index in [-0.39, 0.29) is 14.8 Å². The van der Waals surface area contributed by atoms with Crippen molar-refractivity contribution in [2.45, 2.75) is 16.3 Å². The summed E-state index contributed by atoms with van der Waals surface area (Å²) in [5.41, 5.74) is 0.949. The van der Waals surface area contributed by atoms with Gasteiger partial charge in [-0.1, -0.05) is 23.7 Å². The van der Waals surface area contributed by atoms with Gasteiger partial charge in [-0.15, -0.1) is 0 Å². The van der Waals surface area contributed by atoms with Crippen LogP contribution in [0.25, 0.3) is 0 Å². The molecule has 0 amide bonds. The third-order valence-electron chi connectivity index (χ3n) is 4.50. The summed E-state index contributed by atoms with van der Waals surface area (Å²) < 4.78 is 39.5. The van der Waals surface area contributed by atoms with Gasteiger partial charge in [-0.2, -0.15) is 4.99 Å². The van der Waals surface area contributed by atoms with Crippen molar-refractivity contribution in [1.29, 1.82) is 0 Å². The second kappa shape index (κ2) is 6.56. The number of nitrogens with zero attached hydrogens (tertiary/aromatic N) is 2. The number of allylic oxidation sites excluding steroid dienone is 2. The van der Waals surface area contributed by atoms with Crippen LogP contribution in [0.3, 0.4) is 0 Å². The molecule has 1 unspecified atom stereocenters. The number of benzene rings is 2. The number of hydrogen-bond donors (Lipinski definition) is 0. The maximum atomic E-state index is 13.5. The minimum absolute atomic E-state index is 0.0403. The monoisotopic (exact) mass is 401 g/mol. The van der Waals surface area contributed by atoms with Crippen molar-refractivity contribution in [3.05, 3.63) is 95.7 Å². The van der Waals surface area contributed by atoms with E-state index in [9.17, 15) is 12.8 Å². The Morgan fingerprint density at radius 2 is 1.78 bits per heavy atom. The maximum absolute atomic E-state index is 13.5. The minimum atomic E-state index is -3.85. The molecule has 2 aromatic rings. The van der Waals surface area contributed by atoms with E-state index < -0.39 is 15.7 Å². The summed E-state index contributed by atoms with van der Waals surface area (Å²) in [6.45, 7) is 0.613. The molecular weight excluding hydrogens is 387 g/mol. The zero-order valence-electron chi connectivity index (χ0n) is 14.1. The molecule has 0 bridgehead atoms. The predicted octanol–water partition coefficient (Wildman–Crippen LogP) is 4.60. The molecule has 0 saturated carbocycles. The van der Waals surface area contributed by atoms with Gasteiger partial charge < -0.3 is 0 Å². The minimum Gasteiger partial charge on any atom is -0.219 e. The van der Waals surface area contributed by atoms with Crippen LogP contribution in [0.1, 0.15) is 5.56 Å². The van der Waals surface area contributed by atoms with Gasteiger partial charge in [0.05, 0.1) is 16.0 Å². The van der Waals surface area contributed by atoms with Crippen LogP contribution in [0.4, 0.5) is 4.39 Å². The van der Waals surface area contributed by atoms with Crippen LogP contribution in [-0.2, 0) is 16.4 Å². The topological polar surface area (TPSA) is 46.5 Å². The Hall–Kier alpha value is -2.54. The number of aliphatic imine (C=N–C) groups is 1. The Labute approximate surface area is 161 Å². The van der Waals surface area contributed by atoms with Crippen molar-refractivity contribution in [3.8, 4) is 0 Å². The Morgan fingerprint density at radius 1 is 1.00 bits per heavy atom. The van der Waals surface area contributed by atoms with Gasteiger partial charge in [0.2, 0.25) is 15.7 Å². The van der Waals surface area contributed by atoms with E-state index in [4.69, 9.17) is 11.6 Å². The third-order valence-corrected chi connectivity index (χ3v) is 6.47. The number of quaternary nitrogens is 1. The van der Waals surface area contributed by atoms with E-state index in [1.807, 2.05) is 30.6 Å². The first-order valence-corrected chi connectivity index (χ1v) is 10.0. The van der Waals surface area contributed by atoms with Gasteiger partial charge in [-0.25, -0.2) is 17.3 Å². The van der Waals surface area contributed by atoms with E-state index in [2.05, 4.69) is 4.99 Å². The summed E-state index contributed by atoms with van der Waals surface area (Å²) in [5, 5.41) is 0.0403. The Morgan fingerprint density at radius 3 is 2.52 bits per heavy atom. The third kappa shape index (κ3) is 3.27. The second-order valence-corrected chi connectivity index (χ2v) is 8.71. The maximum Gasteiger partial charge on any atom is 0.237 e. The van der Waals surface area contributed by atoms with Gasteiger partial charge in [-0.05, 0) is 42.5 Å². The molecule has 0 fully saturated rings. The molecule has 0 saturated heterocycles. The van der Waals surface area contributed by atoms with Gasteiger partial charge in [-0.3, -0.25) is 0 Å². The standard InChI is InChI=1S/C20H15ClFN2O2S/c21-16-11-17(22)13-19(12-16)27(25,26)18-6-4-15(5-7-18)14-24-9-2-1-3-20(24)23-8-10-24/h1-13H,14H2/q+1. The van der Waals surface area contributed by atoms with E-state index in [1.54, 1.807) is 18.3 Å². The highest BCUT2D eigenvalue weighted by molar-refractivity contribution is 7.91. The lowest BCUT2D eigenvalue weighted by atomic mass is 10.1. The Bertz CT molecular complexity index is 1110. The Kier molecular flexibility index (Phi) is 4.34. The normalized spacial score (nSPS) is 20.6. The van der Waals surface area contributed by atoms with E-state index in [1.165, 1.54) is 18.2 Å². The number of rotatable bonds is 4. The highest BCUT2D eigenvalue weighted by Gasteiger charge is 2.33. The van der Waals surface area contributed by atoms with Crippen LogP contribution in [0.5, 0.6) is 0 Å². The van der Waals surface area contributed by atoms with Crippen LogP contribution in [0.15, 0.2) is 94.1 Å². The number of halogens is 2. The highest BCUT2D eigenvalue weighted by Crippen LogP contribution is 2.28. The molecule has 0 N–H and O–H groups in total. The number of hydrogen-bond acceptors (Lipinski definition) is 3. The quantitative estimate of drug-likeness (QED) is 0.703. The lowest BCUT2D eigenvalue weighted by Crippen LogP contribution is -2.40. The van der Waals surface area contributed by atoms with Crippen molar-refractivity contribution in [2.75, 3.05) is 0 Å². The van der Waals surface area contributed by atoms with Gasteiger partial charge >= 0.3 is 0 Å². The fourth-order valence-electron chi connectivity index (χ4n) is 3.15. The van der Waals surface area contributed by atoms with Crippen LogP contribution >= 0.6 is 11.6 Å². The van der Waals surface area contributed by atoms with Crippen molar-refractivity contribution in [1.82, 2.24) is 0 Å². The molecule has 0 spiro atoms. The number of amidine groups is 1. The summed E-state index contributed by atoms with van der Waals surface area (Å²) in [7, 11) is -3.85. The number of sulfone groups is 1. The highest BCUT2D eigenvalue weighted by atomic mass is 35.5. The van der Waals surface area contributed by atoms with Crippen molar-refractivity contribution >= 4 is 27.3 Å². The summed E-state index contributed by atoms with van der Waals surface area (Å²) in [6.07, 6.45) is 11.6. The molecule has 0 aliphatic carbocycles. The zero-order valence-corrected chi connectivity index (χ0v) is 15.7. The molecule has 2 aliphatic heterocycles. The molecule has 4 rings (SSSR count). The van der Waals surface area contributed by atoms with Crippen LogP contribution < -0.4 is 0 Å². The molecule has 136 valence electrons. The van der Waals surface area contributed by atoms with Crippen molar-refractivity contribution in [2.24, 2.45) is 4.99 Å². The van der Waals surface area contributed by atoms with Gasteiger partial charge in [0.15, 0.2) is 0 Å². The summed E-state index contributed by atoms with van der Waals surface area (Å²) in [4.78, 5) is 4.29.